The van der Waals surface area contributed by atoms with Crippen LogP contribution in [0.2, 0.25) is 0 Å². The molecule has 1 aliphatic heterocycles. The molecule has 3 rings (SSSR count). The summed E-state index contributed by atoms with van der Waals surface area (Å²) in [6.45, 7) is 7.31. The van der Waals surface area contributed by atoms with Gasteiger partial charge in [0.1, 0.15) is 5.75 Å². The lowest BCUT2D eigenvalue weighted by Crippen LogP contribution is -2.62. The van der Waals surface area contributed by atoms with Crippen LogP contribution in [0.5, 0.6) is 5.75 Å². The Morgan fingerprint density at radius 3 is 2.74 bits per heavy atom. The molecule has 1 saturated heterocycles. The van der Waals surface area contributed by atoms with Gasteiger partial charge < -0.3 is 9.84 Å². The summed E-state index contributed by atoms with van der Waals surface area (Å²) in [6, 6.07) is 8.29. The standard InChI is InChI=1S/C18H25NO3S/c1-13(2)22-16-6-4-3-5-14(16)9-19-11-18(12-19)7-15(8-18)23-10-17(20)21/h3-6,13,15H,7-12H2,1-2H3,(H,20,21). The molecule has 0 radical (unpaired) electrons. The van der Waals surface area contributed by atoms with E-state index in [1.54, 1.807) is 11.8 Å². The predicted octanol–water partition coefficient (Wildman–Crippen LogP) is 3.26. The van der Waals surface area contributed by atoms with E-state index in [0.717, 1.165) is 25.4 Å². The van der Waals surface area contributed by atoms with Gasteiger partial charge in [-0.3, -0.25) is 9.69 Å². The monoisotopic (exact) mass is 335 g/mol. The topological polar surface area (TPSA) is 49.8 Å². The van der Waals surface area contributed by atoms with Crippen LogP contribution >= 0.6 is 11.8 Å². The third-order valence-electron chi connectivity index (χ3n) is 4.61. The number of rotatable bonds is 7. The normalized spacial score (nSPS) is 20.3. The second-order valence-corrected chi connectivity index (χ2v) is 8.44. The number of thioether (sulfide) groups is 1. The van der Waals surface area contributed by atoms with Crippen molar-refractivity contribution in [1.29, 1.82) is 0 Å². The molecule has 1 aliphatic carbocycles. The van der Waals surface area contributed by atoms with Crippen molar-refractivity contribution in [3.05, 3.63) is 29.8 Å². The summed E-state index contributed by atoms with van der Waals surface area (Å²) >= 11 is 1.60. The van der Waals surface area contributed by atoms with Gasteiger partial charge in [0.05, 0.1) is 11.9 Å². The van der Waals surface area contributed by atoms with Crippen molar-refractivity contribution in [2.24, 2.45) is 5.41 Å². The number of likely N-dealkylation sites (tertiary alicyclic amines) is 1. The van der Waals surface area contributed by atoms with Crippen molar-refractivity contribution in [1.82, 2.24) is 4.90 Å². The van der Waals surface area contributed by atoms with E-state index in [4.69, 9.17) is 9.84 Å². The van der Waals surface area contributed by atoms with Gasteiger partial charge in [-0.2, -0.15) is 0 Å². The molecule has 1 spiro atoms. The zero-order valence-electron chi connectivity index (χ0n) is 13.8. The fourth-order valence-corrected chi connectivity index (χ4v) is 5.05. The van der Waals surface area contributed by atoms with Gasteiger partial charge in [0.25, 0.3) is 0 Å². The molecule has 2 aliphatic rings. The average molecular weight is 335 g/mol. The van der Waals surface area contributed by atoms with E-state index >= 15 is 0 Å². The van der Waals surface area contributed by atoms with E-state index in [-0.39, 0.29) is 11.9 Å². The Morgan fingerprint density at radius 1 is 1.39 bits per heavy atom. The van der Waals surface area contributed by atoms with E-state index in [1.807, 2.05) is 12.1 Å². The van der Waals surface area contributed by atoms with Crippen molar-refractivity contribution in [3.8, 4) is 5.75 Å². The molecular weight excluding hydrogens is 310 g/mol. The largest absolute Gasteiger partial charge is 0.491 e. The van der Waals surface area contributed by atoms with Gasteiger partial charge in [-0.1, -0.05) is 18.2 Å². The molecule has 2 fully saturated rings. The lowest BCUT2D eigenvalue weighted by atomic mass is 9.63. The Balaban J connectivity index is 1.46. The summed E-state index contributed by atoms with van der Waals surface area (Å²) in [5.41, 5.74) is 1.72. The van der Waals surface area contributed by atoms with E-state index in [0.29, 0.717) is 10.7 Å². The number of carboxylic acids is 1. The van der Waals surface area contributed by atoms with Gasteiger partial charge in [-0.25, -0.2) is 0 Å². The molecule has 1 heterocycles. The number of carboxylic acid groups (broad SMARTS) is 1. The quantitative estimate of drug-likeness (QED) is 0.829. The molecule has 23 heavy (non-hydrogen) atoms. The van der Waals surface area contributed by atoms with Crippen LogP contribution in [-0.4, -0.2) is 46.2 Å². The molecule has 0 bridgehead atoms. The van der Waals surface area contributed by atoms with Crippen LogP contribution < -0.4 is 4.74 Å². The van der Waals surface area contributed by atoms with E-state index in [2.05, 4.69) is 30.9 Å². The summed E-state index contributed by atoms with van der Waals surface area (Å²) in [7, 11) is 0. The number of ether oxygens (including phenoxy) is 1. The van der Waals surface area contributed by atoms with Crippen LogP contribution in [0.3, 0.4) is 0 Å². The van der Waals surface area contributed by atoms with Gasteiger partial charge in [0, 0.05) is 30.4 Å². The summed E-state index contributed by atoms with van der Waals surface area (Å²) in [6.07, 6.45) is 2.54. The maximum absolute atomic E-state index is 10.6. The molecule has 5 heteroatoms. The molecule has 1 aromatic rings. The highest BCUT2D eigenvalue weighted by atomic mass is 32.2. The van der Waals surface area contributed by atoms with Crippen molar-refractivity contribution >= 4 is 17.7 Å². The maximum Gasteiger partial charge on any atom is 0.313 e. The number of benzene rings is 1. The molecular formula is C18H25NO3S. The van der Waals surface area contributed by atoms with Gasteiger partial charge >= 0.3 is 5.97 Å². The van der Waals surface area contributed by atoms with Gasteiger partial charge in [-0.15, -0.1) is 11.8 Å². The van der Waals surface area contributed by atoms with Gasteiger partial charge in [0.15, 0.2) is 0 Å². The first-order valence-electron chi connectivity index (χ1n) is 8.26. The third-order valence-corrected chi connectivity index (χ3v) is 5.83. The fourth-order valence-electron chi connectivity index (χ4n) is 3.73. The number of hydrogen-bond acceptors (Lipinski definition) is 4. The fraction of sp³-hybridized carbons (Fsp3) is 0.611. The van der Waals surface area contributed by atoms with Crippen LogP contribution in [0.15, 0.2) is 24.3 Å². The number of carbonyl (C=O) groups is 1. The molecule has 1 N–H and O–H groups in total. The zero-order valence-corrected chi connectivity index (χ0v) is 14.6. The van der Waals surface area contributed by atoms with Crippen LogP contribution in [-0.2, 0) is 11.3 Å². The van der Waals surface area contributed by atoms with Gasteiger partial charge in [-0.05, 0) is 38.2 Å². The molecule has 1 saturated carbocycles. The molecule has 0 atom stereocenters. The highest BCUT2D eigenvalue weighted by Gasteiger charge is 2.52. The van der Waals surface area contributed by atoms with Crippen molar-refractivity contribution in [2.45, 2.75) is 44.6 Å². The minimum atomic E-state index is -0.701. The van der Waals surface area contributed by atoms with E-state index < -0.39 is 5.97 Å². The lowest BCUT2D eigenvalue weighted by molar-refractivity contribution is -0.133. The Labute approximate surface area is 142 Å². The minimum Gasteiger partial charge on any atom is -0.491 e. The van der Waals surface area contributed by atoms with Gasteiger partial charge in [0.2, 0.25) is 0 Å². The number of nitrogens with zero attached hydrogens (tertiary/aromatic N) is 1. The zero-order chi connectivity index (χ0) is 16.4. The third kappa shape index (κ3) is 4.01. The van der Waals surface area contributed by atoms with Crippen LogP contribution in [0.4, 0.5) is 0 Å². The van der Waals surface area contributed by atoms with Crippen LogP contribution in [0.1, 0.15) is 32.3 Å². The summed E-state index contributed by atoms with van der Waals surface area (Å²) in [5, 5.41) is 9.28. The van der Waals surface area contributed by atoms with Crippen LogP contribution in [0, 0.1) is 5.41 Å². The Bertz CT molecular complexity index is 561. The highest BCUT2D eigenvalue weighted by Crippen LogP contribution is 2.53. The second-order valence-electron chi connectivity index (χ2n) is 7.15. The van der Waals surface area contributed by atoms with E-state index in [9.17, 15) is 4.79 Å². The summed E-state index contributed by atoms with van der Waals surface area (Å²) in [5.74, 6) is 0.532. The first kappa shape index (κ1) is 16.7. The maximum atomic E-state index is 10.6. The molecule has 126 valence electrons. The highest BCUT2D eigenvalue weighted by molar-refractivity contribution is 8.00. The number of aliphatic carboxylic acids is 1. The summed E-state index contributed by atoms with van der Waals surface area (Å²) < 4.78 is 5.89. The molecule has 0 aromatic heterocycles. The van der Waals surface area contributed by atoms with Crippen molar-refractivity contribution in [3.63, 3.8) is 0 Å². The minimum absolute atomic E-state index is 0.192. The van der Waals surface area contributed by atoms with Crippen LogP contribution in [0.25, 0.3) is 0 Å². The Hall–Kier alpha value is -1.20. The first-order chi connectivity index (χ1) is 11.0. The Morgan fingerprint density at radius 2 is 2.09 bits per heavy atom. The second kappa shape index (κ2) is 6.73. The first-order valence-corrected chi connectivity index (χ1v) is 9.31. The number of para-hydroxylation sites is 1. The predicted molar refractivity (Wildman–Crippen MR) is 93.0 cm³/mol. The molecule has 4 nitrogen and oxygen atoms in total. The molecule has 0 unspecified atom stereocenters. The SMILES string of the molecule is CC(C)Oc1ccccc1CN1CC2(CC(SCC(=O)O)C2)C1. The smallest absolute Gasteiger partial charge is 0.313 e. The molecule has 1 aromatic carbocycles. The van der Waals surface area contributed by atoms with Crippen molar-refractivity contribution < 1.29 is 14.6 Å². The lowest BCUT2D eigenvalue weighted by Gasteiger charge is -2.59. The summed E-state index contributed by atoms with van der Waals surface area (Å²) in [4.78, 5) is 13.1. The number of hydrogen-bond donors (Lipinski definition) is 1. The van der Waals surface area contributed by atoms with Crippen molar-refractivity contribution in [2.75, 3.05) is 18.8 Å². The molecule has 0 amide bonds. The van der Waals surface area contributed by atoms with E-state index in [1.165, 1.54) is 18.4 Å². The Kier molecular flexibility index (Phi) is 4.87. The average Bonchev–Trinajstić information content (AvgIpc) is 2.39.